The van der Waals surface area contributed by atoms with Gasteiger partial charge in [0.05, 0.1) is 31.9 Å². The van der Waals surface area contributed by atoms with Crippen LogP contribution >= 0.6 is 0 Å². The number of Topliss-reactive ketones (excluding diaryl/α,β-unsaturated/α-hetero) is 1. The van der Waals surface area contributed by atoms with Gasteiger partial charge in [0.15, 0.2) is 11.5 Å². The van der Waals surface area contributed by atoms with E-state index in [1.807, 2.05) is 0 Å². The topological polar surface area (TPSA) is 96.3 Å². The van der Waals surface area contributed by atoms with Crippen LogP contribution in [0.15, 0.2) is 54.1 Å². The molecule has 2 aromatic carbocycles. The largest absolute Gasteiger partial charge is 0.507 e. The molecule has 152 valence electrons. The molecule has 2 atom stereocenters. The van der Waals surface area contributed by atoms with E-state index in [9.17, 15) is 19.8 Å². The van der Waals surface area contributed by atoms with Gasteiger partial charge in [-0.3, -0.25) is 9.59 Å². The van der Waals surface area contributed by atoms with Gasteiger partial charge in [0.1, 0.15) is 5.76 Å². The third-order valence-electron chi connectivity index (χ3n) is 4.77. The van der Waals surface area contributed by atoms with Crippen LogP contribution in [0.1, 0.15) is 24.1 Å². The predicted octanol–water partition coefficient (Wildman–Crippen LogP) is 2.51. The third kappa shape index (κ3) is 3.82. The number of amides is 1. The van der Waals surface area contributed by atoms with E-state index in [1.165, 1.54) is 26.0 Å². The standard InChI is InChI=1S/C22H23NO6/c1-13(24)12-23-19(15-9-10-16(28-2)17(11-15)29-3)18(21(26)22(23)27)20(25)14-7-5-4-6-8-14/h4-11,13,19,24-25H,12H2,1-3H3/b20-18-. The van der Waals surface area contributed by atoms with Crippen LogP contribution in [-0.2, 0) is 9.59 Å². The van der Waals surface area contributed by atoms with Gasteiger partial charge in [-0.05, 0) is 24.6 Å². The first-order chi connectivity index (χ1) is 13.9. The Morgan fingerprint density at radius 2 is 1.72 bits per heavy atom. The predicted molar refractivity (Wildman–Crippen MR) is 107 cm³/mol. The normalized spacial score (nSPS) is 19.3. The van der Waals surface area contributed by atoms with Gasteiger partial charge in [0.2, 0.25) is 0 Å². The maximum absolute atomic E-state index is 12.8. The summed E-state index contributed by atoms with van der Waals surface area (Å²) in [5.74, 6) is -0.925. The lowest BCUT2D eigenvalue weighted by atomic mass is 9.95. The summed E-state index contributed by atoms with van der Waals surface area (Å²) in [6.45, 7) is 1.47. The second-order valence-corrected chi connectivity index (χ2v) is 6.78. The third-order valence-corrected chi connectivity index (χ3v) is 4.77. The van der Waals surface area contributed by atoms with Crippen LogP contribution in [-0.4, -0.2) is 53.7 Å². The van der Waals surface area contributed by atoms with Gasteiger partial charge in [0.25, 0.3) is 11.7 Å². The number of carbonyl (C=O) groups excluding carboxylic acids is 2. The number of likely N-dealkylation sites (tertiary alicyclic amines) is 1. The van der Waals surface area contributed by atoms with Crippen molar-refractivity contribution in [1.29, 1.82) is 0 Å². The number of β-amino-alcohol motifs (C(OH)–C–C–N with tert-alkyl or cyclic N) is 1. The first-order valence-corrected chi connectivity index (χ1v) is 9.12. The molecule has 1 saturated heterocycles. The van der Waals surface area contributed by atoms with E-state index >= 15 is 0 Å². The molecule has 1 aliphatic rings. The Kier molecular flexibility index (Phi) is 5.89. The molecular weight excluding hydrogens is 374 g/mol. The molecule has 0 radical (unpaired) electrons. The molecule has 2 unspecified atom stereocenters. The molecule has 0 spiro atoms. The number of rotatable bonds is 6. The van der Waals surface area contributed by atoms with E-state index in [0.29, 0.717) is 22.6 Å². The van der Waals surface area contributed by atoms with Crippen LogP contribution in [0.4, 0.5) is 0 Å². The lowest BCUT2D eigenvalue weighted by Crippen LogP contribution is -2.35. The van der Waals surface area contributed by atoms with Crippen molar-refractivity contribution in [2.45, 2.75) is 19.1 Å². The number of benzene rings is 2. The lowest BCUT2D eigenvalue weighted by molar-refractivity contribution is -0.140. The van der Waals surface area contributed by atoms with Crippen molar-refractivity contribution in [3.63, 3.8) is 0 Å². The highest BCUT2D eigenvalue weighted by molar-refractivity contribution is 6.46. The van der Waals surface area contributed by atoms with Crippen molar-refractivity contribution in [3.8, 4) is 11.5 Å². The quantitative estimate of drug-likeness (QED) is 0.442. The number of methoxy groups -OCH3 is 2. The van der Waals surface area contributed by atoms with Crippen molar-refractivity contribution in [1.82, 2.24) is 4.90 Å². The number of hydrogen-bond donors (Lipinski definition) is 2. The van der Waals surface area contributed by atoms with E-state index in [2.05, 4.69) is 0 Å². The van der Waals surface area contributed by atoms with E-state index in [1.54, 1.807) is 48.5 Å². The zero-order valence-corrected chi connectivity index (χ0v) is 16.5. The van der Waals surface area contributed by atoms with E-state index in [-0.39, 0.29) is 17.9 Å². The van der Waals surface area contributed by atoms with E-state index < -0.39 is 23.8 Å². The highest BCUT2D eigenvalue weighted by Crippen LogP contribution is 2.41. The fourth-order valence-corrected chi connectivity index (χ4v) is 3.47. The molecule has 0 aliphatic carbocycles. The second kappa shape index (κ2) is 8.36. The maximum atomic E-state index is 12.8. The molecule has 0 bridgehead atoms. The van der Waals surface area contributed by atoms with Crippen LogP contribution in [0.25, 0.3) is 5.76 Å². The molecule has 3 rings (SSSR count). The summed E-state index contributed by atoms with van der Waals surface area (Å²) in [4.78, 5) is 26.8. The van der Waals surface area contributed by atoms with Crippen LogP contribution < -0.4 is 9.47 Å². The Balaban J connectivity index is 2.21. The molecule has 29 heavy (non-hydrogen) atoms. The van der Waals surface area contributed by atoms with Gasteiger partial charge in [0, 0.05) is 12.1 Å². The molecule has 2 aromatic rings. The van der Waals surface area contributed by atoms with Gasteiger partial charge in [-0.15, -0.1) is 0 Å². The maximum Gasteiger partial charge on any atom is 0.295 e. The molecule has 0 saturated carbocycles. The fourth-order valence-electron chi connectivity index (χ4n) is 3.47. The minimum absolute atomic E-state index is 0.0333. The molecule has 1 amide bonds. The van der Waals surface area contributed by atoms with Crippen molar-refractivity contribution < 1.29 is 29.3 Å². The van der Waals surface area contributed by atoms with Gasteiger partial charge < -0.3 is 24.6 Å². The number of aliphatic hydroxyl groups is 2. The van der Waals surface area contributed by atoms with E-state index in [0.717, 1.165) is 0 Å². The summed E-state index contributed by atoms with van der Waals surface area (Å²) < 4.78 is 10.6. The Morgan fingerprint density at radius 1 is 1.07 bits per heavy atom. The van der Waals surface area contributed by atoms with Crippen molar-refractivity contribution in [2.75, 3.05) is 20.8 Å². The van der Waals surface area contributed by atoms with Crippen LogP contribution in [0, 0.1) is 0 Å². The van der Waals surface area contributed by atoms with Crippen LogP contribution in [0.3, 0.4) is 0 Å². The highest BCUT2D eigenvalue weighted by atomic mass is 16.5. The summed E-state index contributed by atoms with van der Waals surface area (Å²) in [6.07, 6.45) is -0.854. The van der Waals surface area contributed by atoms with Crippen LogP contribution in [0.5, 0.6) is 11.5 Å². The highest BCUT2D eigenvalue weighted by Gasteiger charge is 2.46. The number of ether oxygens (including phenoxy) is 2. The second-order valence-electron chi connectivity index (χ2n) is 6.78. The minimum Gasteiger partial charge on any atom is -0.507 e. The number of hydrogen-bond acceptors (Lipinski definition) is 6. The molecule has 1 aliphatic heterocycles. The zero-order chi connectivity index (χ0) is 21.1. The van der Waals surface area contributed by atoms with Crippen molar-refractivity contribution >= 4 is 17.4 Å². The number of ketones is 1. The van der Waals surface area contributed by atoms with Crippen molar-refractivity contribution in [2.24, 2.45) is 0 Å². The molecular formula is C22H23NO6. The Bertz CT molecular complexity index is 951. The average molecular weight is 397 g/mol. The summed E-state index contributed by atoms with van der Waals surface area (Å²) in [5, 5.41) is 20.8. The molecule has 7 heteroatoms. The number of aliphatic hydroxyl groups excluding tert-OH is 2. The van der Waals surface area contributed by atoms with E-state index in [4.69, 9.17) is 9.47 Å². The average Bonchev–Trinajstić information content (AvgIpc) is 2.97. The molecule has 1 fully saturated rings. The summed E-state index contributed by atoms with van der Waals surface area (Å²) in [5.41, 5.74) is 0.946. The lowest BCUT2D eigenvalue weighted by Gasteiger charge is -2.27. The minimum atomic E-state index is -0.871. The first-order valence-electron chi connectivity index (χ1n) is 9.12. The molecule has 1 heterocycles. The Morgan fingerprint density at radius 3 is 2.31 bits per heavy atom. The van der Waals surface area contributed by atoms with Crippen LogP contribution in [0.2, 0.25) is 0 Å². The molecule has 7 nitrogen and oxygen atoms in total. The van der Waals surface area contributed by atoms with Crippen molar-refractivity contribution in [3.05, 3.63) is 65.2 Å². The SMILES string of the molecule is COc1ccc(C2/C(=C(/O)c3ccccc3)C(=O)C(=O)N2CC(C)O)cc1OC. The fraction of sp³-hybridized carbons (Fsp3) is 0.273. The van der Waals surface area contributed by atoms with Gasteiger partial charge in [-0.25, -0.2) is 0 Å². The number of nitrogens with zero attached hydrogens (tertiary/aromatic N) is 1. The zero-order valence-electron chi connectivity index (χ0n) is 16.5. The Labute approximate surface area is 168 Å². The summed E-state index contributed by atoms with van der Waals surface area (Å²) >= 11 is 0. The smallest absolute Gasteiger partial charge is 0.295 e. The van der Waals surface area contributed by atoms with Gasteiger partial charge in [-0.2, -0.15) is 0 Å². The monoisotopic (exact) mass is 397 g/mol. The van der Waals surface area contributed by atoms with Gasteiger partial charge >= 0.3 is 0 Å². The molecule has 2 N–H and O–H groups in total. The number of carbonyl (C=O) groups is 2. The summed E-state index contributed by atoms with van der Waals surface area (Å²) in [7, 11) is 2.99. The molecule has 0 aromatic heterocycles. The Hall–Kier alpha value is -3.32. The summed E-state index contributed by atoms with van der Waals surface area (Å²) in [6, 6.07) is 12.7. The van der Waals surface area contributed by atoms with Gasteiger partial charge in [-0.1, -0.05) is 36.4 Å². The first kappa shape index (κ1) is 20.4.